The topological polar surface area (TPSA) is 74.7 Å². The molecule has 1 rings (SSSR count). The molecule has 1 fully saturated rings. The summed E-state index contributed by atoms with van der Waals surface area (Å²) in [4.78, 5) is 35.5. The standard InChI is InChI=1S/C13H19NO4/c1-2-3-6-11(15)8-10-5-4-7-14(13(10)18)9-12(16)17/h2,10H,1,3-9H2,(H,16,17)/t10-/m1/s1. The van der Waals surface area contributed by atoms with Crippen molar-refractivity contribution in [3.63, 3.8) is 0 Å². The Labute approximate surface area is 106 Å². The largest absolute Gasteiger partial charge is 0.480 e. The Hall–Kier alpha value is -1.65. The summed E-state index contributed by atoms with van der Waals surface area (Å²) in [6, 6.07) is 0. The first-order valence-corrected chi connectivity index (χ1v) is 6.17. The average molecular weight is 253 g/mol. The van der Waals surface area contributed by atoms with Gasteiger partial charge in [0.25, 0.3) is 0 Å². The van der Waals surface area contributed by atoms with Gasteiger partial charge in [-0.05, 0) is 19.3 Å². The van der Waals surface area contributed by atoms with Crippen molar-refractivity contribution in [2.24, 2.45) is 5.92 Å². The van der Waals surface area contributed by atoms with Crippen LogP contribution in [0.25, 0.3) is 0 Å². The monoisotopic (exact) mass is 253 g/mol. The number of nitrogens with zero attached hydrogens (tertiary/aromatic N) is 1. The first kappa shape index (κ1) is 14.4. The van der Waals surface area contributed by atoms with Gasteiger partial charge in [0.2, 0.25) is 5.91 Å². The molecule has 1 atom stereocenters. The van der Waals surface area contributed by atoms with Gasteiger partial charge in [0.05, 0.1) is 0 Å². The van der Waals surface area contributed by atoms with Crippen LogP contribution in [0, 0.1) is 5.92 Å². The molecule has 0 spiro atoms. The highest BCUT2D eigenvalue weighted by atomic mass is 16.4. The zero-order chi connectivity index (χ0) is 13.5. The van der Waals surface area contributed by atoms with Crippen LogP contribution in [0.15, 0.2) is 12.7 Å². The number of ketones is 1. The minimum Gasteiger partial charge on any atom is -0.480 e. The summed E-state index contributed by atoms with van der Waals surface area (Å²) in [7, 11) is 0. The van der Waals surface area contributed by atoms with Crippen LogP contribution in [0.1, 0.15) is 32.1 Å². The lowest BCUT2D eigenvalue weighted by molar-refractivity contribution is -0.148. The quantitative estimate of drug-likeness (QED) is 0.692. The molecule has 0 aliphatic carbocycles. The highest BCUT2D eigenvalue weighted by molar-refractivity contribution is 5.88. The van der Waals surface area contributed by atoms with Gasteiger partial charge in [0, 0.05) is 25.3 Å². The van der Waals surface area contributed by atoms with Crippen LogP contribution in [0.5, 0.6) is 0 Å². The van der Waals surface area contributed by atoms with Gasteiger partial charge in [0.1, 0.15) is 12.3 Å². The van der Waals surface area contributed by atoms with E-state index in [0.29, 0.717) is 25.8 Å². The number of rotatable bonds is 7. The predicted octanol–water partition coefficient (Wildman–Crippen LogP) is 1.23. The molecule has 1 saturated heterocycles. The minimum atomic E-state index is -1.01. The van der Waals surface area contributed by atoms with Crippen molar-refractivity contribution in [1.29, 1.82) is 0 Å². The Bertz CT molecular complexity index is 351. The number of allylic oxidation sites excluding steroid dienone is 1. The first-order valence-electron chi connectivity index (χ1n) is 6.17. The fourth-order valence-corrected chi connectivity index (χ4v) is 2.17. The van der Waals surface area contributed by atoms with E-state index in [1.54, 1.807) is 6.08 Å². The summed E-state index contributed by atoms with van der Waals surface area (Å²) in [6.45, 7) is 3.75. The lowest BCUT2D eigenvalue weighted by Crippen LogP contribution is -2.44. The number of carboxylic acids is 1. The molecule has 0 aromatic carbocycles. The number of carbonyl (C=O) groups excluding carboxylic acids is 2. The van der Waals surface area contributed by atoms with E-state index in [1.165, 1.54) is 4.90 Å². The number of aliphatic carboxylic acids is 1. The smallest absolute Gasteiger partial charge is 0.323 e. The summed E-state index contributed by atoms with van der Waals surface area (Å²) in [5.41, 5.74) is 0. The predicted molar refractivity (Wildman–Crippen MR) is 66.0 cm³/mol. The van der Waals surface area contributed by atoms with E-state index in [1.807, 2.05) is 0 Å². The van der Waals surface area contributed by atoms with Crippen LogP contribution < -0.4 is 0 Å². The van der Waals surface area contributed by atoms with Gasteiger partial charge < -0.3 is 10.0 Å². The zero-order valence-electron chi connectivity index (χ0n) is 10.4. The molecule has 1 amide bonds. The van der Waals surface area contributed by atoms with Gasteiger partial charge in [-0.15, -0.1) is 6.58 Å². The number of piperidine rings is 1. The Kier molecular flexibility index (Phi) is 5.55. The van der Waals surface area contributed by atoms with Crippen molar-refractivity contribution in [2.45, 2.75) is 32.1 Å². The Morgan fingerprint density at radius 1 is 1.50 bits per heavy atom. The normalized spacial score (nSPS) is 19.7. The van der Waals surface area contributed by atoms with Crippen LogP contribution in [-0.2, 0) is 14.4 Å². The summed E-state index contributed by atoms with van der Waals surface area (Å²) in [5.74, 6) is -1.50. The summed E-state index contributed by atoms with van der Waals surface area (Å²) in [6.07, 6.45) is 4.37. The van der Waals surface area contributed by atoms with Crippen LogP contribution in [-0.4, -0.2) is 40.8 Å². The number of hydrogen-bond donors (Lipinski definition) is 1. The molecular formula is C13H19NO4. The van der Waals surface area contributed by atoms with E-state index in [4.69, 9.17) is 5.11 Å². The van der Waals surface area contributed by atoms with Gasteiger partial charge in [0.15, 0.2) is 0 Å². The van der Waals surface area contributed by atoms with Crippen molar-refractivity contribution in [2.75, 3.05) is 13.1 Å². The van der Waals surface area contributed by atoms with Crippen LogP contribution in [0.4, 0.5) is 0 Å². The van der Waals surface area contributed by atoms with Crippen molar-refractivity contribution in [1.82, 2.24) is 4.90 Å². The molecule has 1 aliphatic heterocycles. The molecule has 1 aliphatic rings. The number of likely N-dealkylation sites (tertiary alicyclic amines) is 1. The van der Waals surface area contributed by atoms with Gasteiger partial charge in [-0.2, -0.15) is 0 Å². The Balaban J connectivity index is 2.50. The second kappa shape index (κ2) is 6.93. The highest BCUT2D eigenvalue weighted by Crippen LogP contribution is 2.22. The molecule has 100 valence electrons. The molecule has 0 bridgehead atoms. The second-order valence-corrected chi connectivity index (χ2v) is 4.56. The maximum absolute atomic E-state index is 12.0. The first-order chi connectivity index (χ1) is 8.54. The number of carbonyl (C=O) groups is 3. The van der Waals surface area contributed by atoms with E-state index in [2.05, 4.69) is 6.58 Å². The lowest BCUT2D eigenvalue weighted by atomic mass is 9.91. The summed E-state index contributed by atoms with van der Waals surface area (Å²) in [5, 5.41) is 8.70. The molecule has 1 N–H and O–H groups in total. The van der Waals surface area contributed by atoms with Crippen LogP contribution in [0.2, 0.25) is 0 Å². The van der Waals surface area contributed by atoms with E-state index < -0.39 is 5.97 Å². The fourth-order valence-electron chi connectivity index (χ4n) is 2.17. The van der Waals surface area contributed by atoms with Gasteiger partial charge >= 0.3 is 5.97 Å². The van der Waals surface area contributed by atoms with Crippen molar-refractivity contribution < 1.29 is 19.5 Å². The summed E-state index contributed by atoms with van der Waals surface area (Å²) >= 11 is 0. The molecule has 5 heteroatoms. The third kappa shape index (κ3) is 4.31. The second-order valence-electron chi connectivity index (χ2n) is 4.56. The van der Waals surface area contributed by atoms with E-state index in [9.17, 15) is 14.4 Å². The van der Waals surface area contributed by atoms with Crippen molar-refractivity contribution in [3.8, 4) is 0 Å². The fraction of sp³-hybridized carbons (Fsp3) is 0.615. The molecule has 0 aromatic rings. The third-order valence-corrected chi connectivity index (χ3v) is 3.07. The lowest BCUT2D eigenvalue weighted by Gasteiger charge is -2.30. The molecule has 1 heterocycles. The molecule has 0 saturated carbocycles. The van der Waals surface area contributed by atoms with Gasteiger partial charge in [-0.1, -0.05) is 6.08 Å². The number of Topliss-reactive ketones (excluding diaryl/α,β-unsaturated/α-hetero) is 1. The van der Waals surface area contributed by atoms with E-state index in [-0.39, 0.29) is 30.6 Å². The summed E-state index contributed by atoms with van der Waals surface area (Å²) < 4.78 is 0. The molecule has 0 aromatic heterocycles. The number of carboxylic acid groups (broad SMARTS) is 1. The third-order valence-electron chi connectivity index (χ3n) is 3.07. The van der Waals surface area contributed by atoms with Gasteiger partial charge in [-0.25, -0.2) is 0 Å². The average Bonchev–Trinajstić information content (AvgIpc) is 2.31. The Morgan fingerprint density at radius 2 is 2.22 bits per heavy atom. The van der Waals surface area contributed by atoms with E-state index >= 15 is 0 Å². The molecule has 0 radical (unpaired) electrons. The zero-order valence-corrected chi connectivity index (χ0v) is 10.4. The van der Waals surface area contributed by atoms with Gasteiger partial charge in [-0.3, -0.25) is 14.4 Å². The maximum atomic E-state index is 12.0. The number of hydrogen-bond acceptors (Lipinski definition) is 3. The van der Waals surface area contributed by atoms with Crippen LogP contribution in [0.3, 0.4) is 0 Å². The highest BCUT2D eigenvalue weighted by Gasteiger charge is 2.30. The Morgan fingerprint density at radius 3 is 2.83 bits per heavy atom. The van der Waals surface area contributed by atoms with Crippen LogP contribution >= 0.6 is 0 Å². The maximum Gasteiger partial charge on any atom is 0.323 e. The minimum absolute atomic E-state index is 0.0467. The van der Waals surface area contributed by atoms with E-state index in [0.717, 1.165) is 6.42 Å². The van der Waals surface area contributed by atoms with Crippen molar-refractivity contribution in [3.05, 3.63) is 12.7 Å². The number of amides is 1. The SMILES string of the molecule is C=CCCC(=O)C[C@H]1CCCN(CC(=O)O)C1=O. The molecular weight excluding hydrogens is 234 g/mol. The molecule has 0 unspecified atom stereocenters. The molecule has 18 heavy (non-hydrogen) atoms. The molecule has 5 nitrogen and oxygen atoms in total. The van der Waals surface area contributed by atoms with Crippen molar-refractivity contribution >= 4 is 17.7 Å².